The lowest BCUT2D eigenvalue weighted by atomic mass is 10.2. The Balaban J connectivity index is 1.34. The third-order valence-corrected chi connectivity index (χ3v) is 5.73. The van der Waals surface area contributed by atoms with E-state index in [2.05, 4.69) is 15.5 Å². The van der Waals surface area contributed by atoms with Crippen molar-refractivity contribution >= 4 is 29.3 Å². The molecule has 1 N–H and O–H groups in total. The molecule has 2 aromatic carbocycles. The molecule has 0 aliphatic heterocycles. The first-order chi connectivity index (χ1) is 17.9. The second-order valence-corrected chi connectivity index (χ2v) is 8.19. The molecule has 11 nitrogen and oxygen atoms in total. The molecule has 0 saturated heterocycles. The Kier molecular flexibility index (Phi) is 6.25. The van der Waals surface area contributed by atoms with Crippen LogP contribution in [0.3, 0.4) is 0 Å². The second kappa shape index (κ2) is 9.82. The molecule has 0 amide bonds. The highest BCUT2D eigenvalue weighted by Crippen LogP contribution is 2.15. The number of rotatable bonds is 7. The van der Waals surface area contributed by atoms with E-state index in [1.54, 1.807) is 55.2 Å². The Morgan fingerprint density at radius 3 is 2.49 bits per heavy atom. The summed E-state index contributed by atoms with van der Waals surface area (Å²) in [5, 5.41) is 4.19. The highest BCUT2D eigenvalue weighted by molar-refractivity contribution is 5.88. The van der Waals surface area contributed by atoms with Crippen LogP contribution in [-0.4, -0.2) is 30.9 Å². The smallest absolute Gasteiger partial charge is 0.379 e. The molecule has 11 heteroatoms. The van der Waals surface area contributed by atoms with Crippen molar-refractivity contribution in [3.05, 3.63) is 111 Å². The van der Waals surface area contributed by atoms with Crippen LogP contribution in [0, 0.1) is 0 Å². The van der Waals surface area contributed by atoms with Crippen molar-refractivity contribution in [2.24, 2.45) is 19.2 Å². The minimum Gasteiger partial charge on any atom is -0.457 e. The van der Waals surface area contributed by atoms with Crippen molar-refractivity contribution in [1.82, 2.24) is 18.7 Å². The Bertz CT molecular complexity index is 1710. The zero-order valence-corrected chi connectivity index (χ0v) is 20.0. The van der Waals surface area contributed by atoms with Gasteiger partial charge in [0, 0.05) is 14.1 Å². The fourth-order valence-electron chi connectivity index (χ4n) is 3.79. The number of carbonyl (C=O) groups excluding carboxylic acids is 1. The molecule has 3 heterocycles. The van der Waals surface area contributed by atoms with Gasteiger partial charge in [-0.05, 0) is 47.5 Å². The van der Waals surface area contributed by atoms with E-state index in [0.29, 0.717) is 11.7 Å². The molecule has 0 bridgehead atoms. The minimum atomic E-state index is -0.591. The highest BCUT2D eigenvalue weighted by atomic mass is 16.5. The van der Waals surface area contributed by atoms with Gasteiger partial charge in [-0.1, -0.05) is 30.3 Å². The SMILES string of the molecule is Cn1c(NN=Cc2ccc(OC(=O)c3ccco3)cc2)nc2c1c(=O)n(Cc1ccccc1)c(=O)n2C. The maximum atomic E-state index is 13.2. The zero-order valence-electron chi connectivity index (χ0n) is 20.0. The first-order valence-corrected chi connectivity index (χ1v) is 11.3. The van der Waals surface area contributed by atoms with Crippen LogP contribution in [0.1, 0.15) is 21.7 Å². The number of hydrogen-bond donors (Lipinski definition) is 1. The van der Waals surface area contributed by atoms with Crippen LogP contribution >= 0.6 is 0 Å². The van der Waals surface area contributed by atoms with Crippen molar-refractivity contribution in [3.8, 4) is 5.75 Å². The van der Waals surface area contributed by atoms with Gasteiger partial charge < -0.3 is 13.7 Å². The number of aryl methyl sites for hydroxylation is 2. The number of carbonyl (C=O) groups is 1. The Morgan fingerprint density at radius 2 is 1.78 bits per heavy atom. The van der Waals surface area contributed by atoms with E-state index in [-0.39, 0.29) is 23.5 Å². The monoisotopic (exact) mass is 498 g/mol. The number of benzene rings is 2. The molecule has 0 fully saturated rings. The van der Waals surface area contributed by atoms with Crippen LogP contribution in [0.15, 0.2) is 92.1 Å². The maximum absolute atomic E-state index is 13.2. The van der Waals surface area contributed by atoms with Crippen molar-refractivity contribution in [1.29, 1.82) is 0 Å². The summed E-state index contributed by atoms with van der Waals surface area (Å²) in [5.41, 5.74) is 4.02. The summed E-state index contributed by atoms with van der Waals surface area (Å²) in [6.07, 6.45) is 2.94. The first kappa shape index (κ1) is 23.5. The molecule has 5 aromatic rings. The van der Waals surface area contributed by atoms with E-state index >= 15 is 0 Å². The molecule has 0 aliphatic rings. The van der Waals surface area contributed by atoms with Crippen LogP contribution in [-0.2, 0) is 20.6 Å². The largest absolute Gasteiger partial charge is 0.457 e. The lowest BCUT2D eigenvalue weighted by Crippen LogP contribution is -2.39. The number of nitrogens with one attached hydrogen (secondary N) is 1. The molecule has 0 spiro atoms. The number of hydrogen-bond acceptors (Lipinski definition) is 8. The van der Waals surface area contributed by atoms with Crippen LogP contribution in [0.4, 0.5) is 5.95 Å². The van der Waals surface area contributed by atoms with Crippen molar-refractivity contribution in [2.45, 2.75) is 6.54 Å². The summed E-state index contributed by atoms with van der Waals surface area (Å²) < 4.78 is 14.4. The van der Waals surface area contributed by atoms with Crippen LogP contribution in [0.25, 0.3) is 11.2 Å². The van der Waals surface area contributed by atoms with Gasteiger partial charge in [-0.3, -0.25) is 13.9 Å². The predicted octanol–water partition coefficient (Wildman–Crippen LogP) is 2.74. The molecule has 0 saturated carbocycles. The lowest BCUT2D eigenvalue weighted by Gasteiger charge is -2.08. The average Bonchev–Trinajstić information content (AvgIpc) is 3.56. The predicted molar refractivity (Wildman–Crippen MR) is 137 cm³/mol. The standard InChI is InChI=1S/C26H22N6O5/c1-30-21-22(31(2)26(35)32(23(21)33)16-18-7-4-3-5-8-18)28-25(30)29-27-15-17-10-12-19(13-11-17)37-24(34)20-9-6-14-36-20/h3-15H,16H2,1-2H3,(H,28,29). The van der Waals surface area contributed by atoms with Gasteiger partial charge in [0.25, 0.3) is 5.56 Å². The summed E-state index contributed by atoms with van der Waals surface area (Å²) in [6, 6.07) is 19.1. The number of hydrazone groups is 1. The summed E-state index contributed by atoms with van der Waals surface area (Å²) in [6.45, 7) is 0.154. The first-order valence-electron chi connectivity index (χ1n) is 11.3. The third-order valence-electron chi connectivity index (χ3n) is 5.73. The number of esters is 1. The summed E-state index contributed by atoms with van der Waals surface area (Å²) in [5.74, 6) is 0.170. The van der Waals surface area contributed by atoms with Gasteiger partial charge in [0.2, 0.25) is 11.7 Å². The van der Waals surface area contributed by atoms with Gasteiger partial charge >= 0.3 is 11.7 Å². The molecule has 0 atom stereocenters. The molecule has 5 rings (SSSR count). The van der Waals surface area contributed by atoms with E-state index in [4.69, 9.17) is 9.15 Å². The summed E-state index contributed by atoms with van der Waals surface area (Å²) in [4.78, 5) is 42.5. The Morgan fingerprint density at radius 1 is 1.03 bits per heavy atom. The molecule has 0 unspecified atom stereocenters. The fraction of sp³-hybridized carbons (Fsp3) is 0.115. The average molecular weight is 498 g/mol. The fourth-order valence-corrected chi connectivity index (χ4v) is 3.79. The van der Waals surface area contributed by atoms with E-state index in [1.807, 2.05) is 30.3 Å². The number of anilines is 1. The third kappa shape index (κ3) is 4.69. The maximum Gasteiger partial charge on any atom is 0.379 e. The van der Waals surface area contributed by atoms with Crippen molar-refractivity contribution < 1.29 is 13.9 Å². The van der Waals surface area contributed by atoms with E-state index in [1.165, 1.54) is 21.5 Å². The van der Waals surface area contributed by atoms with Gasteiger partial charge in [0.1, 0.15) is 5.75 Å². The van der Waals surface area contributed by atoms with Gasteiger partial charge in [0.05, 0.1) is 19.0 Å². The topological polar surface area (TPSA) is 126 Å². The normalized spacial score (nSPS) is 11.3. The quantitative estimate of drug-likeness (QED) is 0.158. The van der Waals surface area contributed by atoms with Gasteiger partial charge in [-0.25, -0.2) is 15.0 Å². The van der Waals surface area contributed by atoms with Crippen LogP contribution in [0.2, 0.25) is 0 Å². The number of aromatic nitrogens is 4. The van der Waals surface area contributed by atoms with Crippen molar-refractivity contribution in [3.63, 3.8) is 0 Å². The molecule has 186 valence electrons. The minimum absolute atomic E-state index is 0.113. The van der Waals surface area contributed by atoms with Gasteiger partial charge in [-0.15, -0.1) is 0 Å². The van der Waals surface area contributed by atoms with E-state index in [0.717, 1.165) is 11.1 Å². The molecule has 0 radical (unpaired) electrons. The number of nitrogens with zero attached hydrogens (tertiary/aromatic N) is 5. The van der Waals surface area contributed by atoms with Gasteiger partial charge in [-0.2, -0.15) is 10.1 Å². The molecular formula is C26H22N6O5. The molecular weight excluding hydrogens is 476 g/mol. The Labute approximate surface area is 209 Å². The number of fused-ring (bicyclic) bond motifs is 1. The van der Waals surface area contributed by atoms with Crippen molar-refractivity contribution in [2.75, 3.05) is 5.43 Å². The Hall–Kier alpha value is -5.19. The van der Waals surface area contributed by atoms with Gasteiger partial charge in [0.15, 0.2) is 11.2 Å². The number of ether oxygens (including phenoxy) is 1. The highest BCUT2D eigenvalue weighted by Gasteiger charge is 2.18. The van der Waals surface area contributed by atoms with Crippen LogP contribution < -0.4 is 21.4 Å². The molecule has 3 aromatic heterocycles. The number of furan rings is 1. The summed E-state index contributed by atoms with van der Waals surface area (Å²) in [7, 11) is 3.25. The lowest BCUT2D eigenvalue weighted by molar-refractivity contribution is 0.0701. The summed E-state index contributed by atoms with van der Waals surface area (Å²) >= 11 is 0. The second-order valence-electron chi connectivity index (χ2n) is 8.19. The van der Waals surface area contributed by atoms with E-state index in [9.17, 15) is 14.4 Å². The van der Waals surface area contributed by atoms with Crippen LogP contribution in [0.5, 0.6) is 5.75 Å². The molecule has 37 heavy (non-hydrogen) atoms. The zero-order chi connectivity index (χ0) is 25.9. The molecule has 0 aliphatic carbocycles. The number of imidazole rings is 1. The van der Waals surface area contributed by atoms with E-state index < -0.39 is 17.2 Å².